The molecule has 3 atom stereocenters. The quantitative estimate of drug-likeness (QED) is 0.885. The maximum atomic E-state index is 12.4. The van der Waals surface area contributed by atoms with Gasteiger partial charge in [0.05, 0.1) is 24.4 Å². The van der Waals surface area contributed by atoms with Crippen LogP contribution in [0.2, 0.25) is 0 Å². The van der Waals surface area contributed by atoms with Crippen LogP contribution in [0.15, 0.2) is 24.3 Å². The normalized spacial score (nSPS) is 28.6. The van der Waals surface area contributed by atoms with Gasteiger partial charge in [-0.3, -0.25) is 0 Å². The van der Waals surface area contributed by atoms with Crippen LogP contribution < -0.4 is 0 Å². The Kier molecular flexibility index (Phi) is 3.64. The third-order valence-electron chi connectivity index (χ3n) is 3.35. The molecule has 0 amide bonds. The largest absolute Gasteiger partial charge is 0.416 e. The number of halogens is 3. The molecular formula is C13H15F3O2. The summed E-state index contributed by atoms with van der Waals surface area (Å²) in [6.45, 7) is 1.91. The monoisotopic (exact) mass is 260 g/mol. The average Bonchev–Trinajstić information content (AvgIpc) is 2.69. The van der Waals surface area contributed by atoms with Gasteiger partial charge in [-0.15, -0.1) is 0 Å². The van der Waals surface area contributed by atoms with Gasteiger partial charge in [0.1, 0.15) is 0 Å². The molecule has 5 heteroatoms. The molecule has 0 unspecified atom stereocenters. The van der Waals surface area contributed by atoms with Gasteiger partial charge in [-0.2, -0.15) is 13.2 Å². The van der Waals surface area contributed by atoms with Gasteiger partial charge in [-0.05, 0) is 30.0 Å². The molecule has 0 bridgehead atoms. The Morgan fingerprint density at radius 3 is 2.33 bits per heavy atom. The van der Waals surface area contributed by atoms with Crippen LogP contribution in [0.5, 0.6) is 0 Å². The third kappa shape index (κ3) is 2.67. The summed E-state index contributed by atoms with van der Waals surface area (Å²) in [5.41, 5.74) is 0.0711. The first-order valence-electron chi connectivity index (χ1n) is 5.85. The minimum Gasteiger partial charge on any atom is -0.394 e. The Morgan fingerprint density at radius 1 is 1.28 bits per heavy atom. The van der Waals surface area contributed by atoms with Crippen molar-refractivity contribution in [2.24, 2.45) is 5.92 Å². The summed E-state index contributed by atoms with van der Waals surface area (Å²) < 4.78 is 42.8. The van der Waals surface area contributed by atoms with Gasteiger partial charge >= 0.3 is 6.18 Å². The summed E-state index contributed by atoms with van der Waals surface area (Å²) >= 11 is 0. The van der Waals surface area contributed by atoms with Crippen LogP contribution in [0.3, 0.4) is 0 Å². The summed E-state index contributed by atoms with van der Waals surface area (Å²) in [6.07, 6.45) is -4.04. The van der Waals surface area contributed by atoms with Crippen molar-refractivity contribution < 1.29 is 23.0 Å². The number of aliphatic hydroxyl groups excluding tert-OH is 1. The fourth-order valence-corrected chi connectivity index (χ4v) is 2.21. The Hall–Kier alpha value is -1.07. The van der Waals surface area contributed by atoms with Crippen molar-refractivity contribution in [3.8, 4) is 0 Å². The predicted octanol–water partition coefficient (Wildman–Crippen LogP) is 3.16. The van der Waals surface area contributed by atoms with E-state index in [4.69, 9.17) is 9.84 Å². The minimum atomic E-state index is -4.31. The molecule has 1 fully saturated rings. The van der Waals surface area contributed by atoms with Crippen LogP contribution in [0.4, 0.5) is 13.2 Å². The number of hydrogen-bond acceptors (Lipinski definition) is 2. The zero-order valence-corrected chi connectivity index (χ0v) is 9.95. The molecule has 100 valence electrons. The van der Waals surface area contributed by atoms with Gasteiger partial charge in [0.25, 0.3) is 0 Å². The molecule has 2 rings (SSSR count). The highest BCUT2D eigenvalue weighted by molar-refractivity contribution is 5.26. The average molecular weight is 260 g/mol. The second kappa shape index (κ2) is 4.90. The second-order valence-corrected chi connectivity index (χ2v) is 4.68. The molecule has 1 aromatic rings. The molecule has 1 N–H and O–H groups in total. The molecule has 0 aliphatic carbocycles. The van der Waals surface area contributed by atoms with E-state index in [1.807, 2.05) is 6.92 Å². The van der Waals surface area contributed by atoms with Crippen molar-refractivity contribution in [2.45, 2.75) is 31.7 Å². The summed E-state index contributed by atoms with van der Waals surface area (Å²) in [6, 6.07) is 5.02. The van der Waals surface area contributed by atoms with Crippen molar-refractivity contribution in [1.29, 1.82) is 0 Å². The molecule has 1 aliphatic heterocycles. The van der Waals surface area contributed by atoms with Crippen LogP contribution in [0.1, 0.15) is 30.6 Å². The van der Waals surface area contributed by atoms with Crippen molar-refractivity contribution >= 4 is 0 Å². The Bertz CT molecular complexity index is 400. The molecular weight excluding hydrogens is 245 g/mol. The summed E-state index contributed by atoms with van der Waals surface area (Å²) in [7, 11) is 0. The highest BCUT2D eigenvalue weighted by Gasteiger charge is 2.34. The predicted molar refractivity (Wildman–Crippen MR) is 59.9 cm³/mol. The van der Waals surface area contributed by atoms with Gasteiger partial charge < -0.3 is 9.84 Å². The van der Waals surface area contributed by atoms with E-state index in [-0.39, 0.29) is 24.7 Å². The van der Waals surface area contributed by atoms with E-state index in [1.54, 1.807) is 0 Å². The molecule has 0 aromatic heterocycles. The lowest BCUT2D eigenvalue weighted by Crippen LogP contribution is -2.17. The number of ether oxygens (including phenoxy) is 1. The summed E-state index contributed by atoms with van der Waals surface area (Å²) in [4.78, 5) is 0. The SMILES string of the molecule is C[C@H]1C[C@H](c2ccc(C(F)(F)F)cc2)O[C@@H]1CO. The van der Waals surface area contributed by atoms with E-state index >= 15 is 0 Å². The summed E-state index contributed by atoms with van der Waals surface area (Å²) in [5.74, 6) is 0.210. The van der Waals surface area contributed by atoms with Gasteiger partial charge in [0, 0.05) is 0 Å². The van der Waals surface area contributed by atoms with Crippen LogP contribution in [-0.4, -0.2) is 17.8 Å². The molecule has 1 aromatic carbocycles. The maximum Gasteiger partial charge on any atom is 0.416 e. The number of aliphatic hydroxyl groups is 1. The fourth-order valence-electron chi connectivity index (χ4n) is 2.21. The first kappa shape index (κ1) is 13.4. The van der Waals surface area contributed by atoms with E-state index in [1.165, 1.54) is 12.1 Å². The van der Waals surface area contributed by atoms with E-state index in [9.17, 15) is 13.2 Å². The van der Waals surface area contributed by atoms with Gasteiger partial charge in [0.15, 0.2) is 0 Å². The minimum absolute atomic E-state index is 0.0572. The Labute approximate surface area is 103 Å². The number of hydrogen-bond donors (Lipinski definition) is 1. The molecule has 0 spiro atoms. The lowest BCUT2D eigenvalue weighted by atomic mass is 9.98. The Balaban J connectivity index is 2.12. The Morgan fingerprint density at radius 2 is 1.89 bits per heavy atom. The van der Waals surface area contributed by atoms with Crippen molar-refractivity contribution in [1.82, 2.24) is 0 Å². The smallest absolute Gasteiger partial charge is 0.394 e. The van der Waals surface area contributed by atoms with E-state index in [0.29, 0.717) is 0 Å². The first-order valence-corrected chi connectivity index (χ1v) is 5.85. The number of rotatable bonds is 2. The number of alkyl halides is 3. The lowest BCUT2D eigenvalue weighted by molar-refractivity contribution is -0.137. The van der Waals surface area contributed by atoms with E-state index in [2.05, 4.69) is 0 Å². The molecule has 0 radical (unpaired) electrons. The van der Waals surface area contributed by atoms with E-state index < -0.39 is 11.7 Å². The molecule has 1 aliphatic rings. The molecule has 1 saturated heterocycles. The highest BCUT2D eigenvalue weighted by Crippen LogP contribution is 2.37. The van der Waals surface area contributed by atoms with Crippen molar-refractivity contribution in [3.63, 3.8) is 0 Å². The molecule has 0 saturated carbocycles. The molecule has 18 heavy (non-hydrogen) atoms. The fraction of sp³-hybridized carbons (Fsp3) is 0.538. The number of benzene rings is 1. The van der Waals surface area contributed by atoms with Crippen LogP contribution in [0.25, 0.3) is 0 Å². The van der Waals surface area contributed by atoms with E-state index in [0.717, 1.165) is 24.1 Å². The van der Waals surface area contributed by atoms with Crippen molar-refractivity contribution in [3.05, 3.63) is 35.4 Å². The van der Waals surface area contributed by atoms with Crippen LogP contribution in [0, 0.1) is 5.92 Å². The topological polar surface area (TPSA) is 29.5 Å². The molecule has 2 nitrogen and oxygen atoms in total. The van der Waals surface area contributed by atoms with Crippen LogP contribution >= 0.6 is 0 Å². The maximum absolute atomic E-state index is 12.4. The second-order valence-electron chi connectivity index (χ2n) is 4.68. The first-order chi connectivity index (χ1) is 8.41. The van der Waals surface area contributed by atoms with Gasteiger partial charge in [0.2, 0.25) is 0 Å². The zero-order chi connectivity index (χ0) is 13.3. The third-order valence-corrected chi connectivity index (χ3v) is 3.35. The zero-order valence-electron chi connectivity index (χ0n) is 9.95. The van der Waals surface area contributed by atoms with Gasteiger partial charge in [-0.1, -0.05) is 19.1 Å². The van der Waals surface area contributed by atoms with Gasteiger partial charge in [-0.25, -0.2) is 0 Å². The standard InChI is InChI=1S/C13H15F3O2/c1-8-6-11(18-12(8)7-17)9-2-4-10(5-3-9)13(14,15)16/h2-5,8,11-12,17H,6-7H2,1H3/t8-,11+,12+/m0/s1. The summed E-state index contributed by atoms with van der Waals surface area (Å²) in [5, 5.41) is 9.08. The lowest BCUT2D eigenvalue weighted by Gasteiger charge is -2.14. The van der Waals surface area contributed by atoms with Crippen molar-refractivity contribution in [2.75, 3.05) is 6.61 Å². The molecule has 1 heterocycles. The van der Waals surface area contributed by atoms with Crippen LogP contribution in [-0.2, 0) is 10.9 Å². The highest BCUT2D eigenvalue weighted by atomic mass is 19.4.